The molecule has 0 bridgehead atoms. The smallest absolute Gasteiger partial charge is 0.323 e. The zero-order chi connectivity index (χ0) is 21.8. The van der Waals surface area contributed by atoms with Crippen LogP contribution in [0.1, 0.15) is 48.8 Å². The number of rotatable bonds is 5. The lowest BCUT2D eigenvalue weighted by Crippen LogP contribution is -2.55. The van der Waals surface area contributed by atoms with Crippen LogP contribution in [0.4, 0.5) is 0 Å². The molecule has 0 aliphatic carbocycles. The Balaban J connectivity index is 1.56. The number of aliphatic hydroxyl groups is 1. The number of aliphatic hydroxyl groups excluding tert-OH is 1. The van der Waals surface area contributed by atoms with Gasteiger partial charge in [-0.15, -0.1) is 0 Å². The number of nitrogens with zero attached hydrogens (tertiary/aromatic N) is 2. The van der Waals surface area contributed by atoms with Crippen molar-refractivity contribution in [1.29, 1.82) is 0 Å². The molecule has 0 aromatic heterocycles. The molecule has 0 unspecified atom stereocenters. The Morgan fingerprint density at radius 3 is 2.33 bits per heavy atom. The Hall–Kier alpha value is -2.12. The summed E-state index contributed by atoms with van der Waals surface area (Å²) in [5, 5.41) is 20.4. The van der Waals surface area contributed by atoms with Crippen molar-refractivity contribution in [3.63, 3.8) is 0 Å². The molecule has 2 atom stereocenters. The third kappa shape index (κ3) is 4.95. The number of methoxy groups -OCH3 is 1. The van der Waals surface area contributed by atoms with E-state index in [1.165, 1.54) is 7.11 Å². The van der Waals surface area contributed by atoms with Gasteiger partial charge in [-0.25, -0.2) is 0 Å². The van der Waals surface area contributed by atoms with Crippen LogP contribution in [0.25, 0.3) is 0 Å². The summed E-state index contributed by atoms with van der Waals surface area (Å²) in [5.41, 5.74) is 2.33. The van der Waals surface area contributed by atoms with Crippen LogP contribution in [0.15, 0.2) is 12.1 Å². The average molecular weight is 419 g/mol. The minimum Gasteiger partial charge on any atom is -0.507 e. The monoisotopic (exact) mass is 418 g/mol. The molecule has 30 heavy (non-hydrogen) atoms. The van der Waals surface area contributed by atoms with Crippen molar-refractivity contribution >= 4 is 11.9 Å². The number of hydrogen-bond acceptors (Lipinski definition) is 6. The van der Waals surface area contributed by atoms with Gasteiger partial charge in [0.05, 0.1) is 7.11 Å². The highest BCUT2D eigenvalue weighted by atomic mass is 16.5. The van der Waals surface area contributed by atoms with Gasteiger partial charge in [0.25, 0.3) is 5.91 Å². The first-order valence-electron chi connectivity index (χ1n) is 10.9. The molecule has 3 rings (SSSR count). The number of carbonyl (C=O) groups is 2. The molecule has 7 heteroatoms. The highest BCUT2D eigenvalue weighted by molar-refractivity contribution is 5.81. The van der Waals surface area contributed by atoms with Crippen LogP contribution in [0.3, 0.4) is 0 Å². The zero-order valence-electron chi connectivity index (χ0n) is 18.3. The number of phenols is 1. The predicted molar refractivity (Wildman–Crippen MR) is 113 cm³/mol. The molecule has 2 saturated heterocycles. The van der Waals surface area contributed by atoms with Gasteiger partial charge in [0.15, 0.2) is 0 Å². The summed E-state index contributed by atoms with van der Waals surface area (Å²) in [4.78, 5) is 28.9. The molecule has 2 N–H and O–H groups in total. The van der Waals surface area contributed by atoms with Gasteiger partial charge in [0, 0.05) is 25.6 Å². The number of carbonyl (C=O) groups excluding carboxylic acids is 2. The van der Waals surface area contributed by atoms with E-state index < -0.39 is 6.10 Å². The fraction of sp³-hybridized carbons (Fsp3) is 0.652. The van der Waals surface area contributed by atoms with Gasteiger partial charge < -0.3 is 19.8 Å². The average Bonchev–Trinajstić information content (AvgIpc) is 2.76. The molecule has 2 heterocycles. The van der Waals surface area contributed by atoms with Crippen molar-refractivity contribution in [1.82, 2.24) is 9.80 Å². The molecular weight excluding hydrogens is 384 g/mol. The maximum absolute atomic E-state index is 12.8. The summed E-state index contributed by atoms with van der Waals surface area (Å²) in [7, 11) is 1.44. The molecule has 166 valence electrons. The van der Waals surface area contributed by atoms with E-state index in [-0.39, 0.29) is 36.1 Å². The molecule has 1 aromatic carbocycles. The summed E-state index contributed by atoms with van der Waals surface area (Å²) in [5.74, 6) is -0.160. The number of aryl methyl sites for hydroxylation is 2. The number of piperidine rings is 2. The predicted octanol–water partition coefficient (Wildman–Crippen LogP) is 1.93. The van der Waals surface area contributed by atoms with Crippen molar-refractivity contribution in [2.24, 2.45) is 0 Å². The summed E-state index contributed by atoms with van der Waals surface area (Å²) in [6.45, 7) is 5.68. The summed E-state index contributed by atoms with van der Waals surface area (Å²) in [6.07, 6.45) is 3.68. The van der Waals surface area contributed by atoms with Crippen LogP contribution in [-0.2, 0) is 20.7 Å². The number of ether oxygens (including phenoxy) is 1. The van der Waals surface area contributed by atoms with Gasteiger partial charge >= 0.3 is 5.97 Å². The molecule has 1 amide bonds. The largest absolute Gasteiger partial charge is 0.507 e. The third-order valence-electron chi connectivity index (χ3n) is 6.53. The van der Waals surface area contributed by atoms with E-state index >= 15 is 0 Å². The lowest BCUT2D eigenvalue weighted by atomic mass is 9.94. The van der Waals surface area contributed by atoms with Crippen LogP contribution in [0, 0.1) is 13.8 Å². The number of aromatic hydroxyl groups is 1. The van der Waals surface area contributed by atoms with Crippen molar-refractivity contribution in [3.05, 3.63) is 28.8 Å². The fourth-order valence-corrected chi connectivity index (χ4v) is 4.88. The van der Waals surface area contributed by atoms with Gasteiger partial charge in [0.1, 0.15) is 17.9 Å². The summed E-state index contributed by atoms with van der Waals surface area (Å²) < 4.78 is 4.99. The van der Waals surface area contributed by atoms with Crippen molar-refractivity contribution in [2.75, 3.05) is 26.7 Å². The second kappa shape index (κ2) is 9.79. The van der Waals surface area contributed by atoms with Crippen molar-refractivity contribution in [2.45, 2.75) is 70.6 Å². The van der Waals surface area contributed by atoms with Crippen molar-refractivity contribution < 1.29 is 24.5 Å². The Morgan fingerprint density at radius 1 is 1.10 bits per heavy atom. The highest BCUT2D eigenvalue weighted by Gasteiger charge is 2.37. The van der Waals surface area contributed by atoms with Crippen LogP contribution in [-0.4, -0.2) is 76.8 Å². The van der Waals surface area contributed by atoms with E-state index in [0.717, 1.165) is 55.3 Å². The Morgan fingerprint density at radius 2 is 1.73 bits per heavy atom. The molecule has 0 saturated carbocycles. The fourth-order valence-electron chi connectivity index (χ4n) is 4.88. The number of hydrogen-bond donors (Lipinski definition) is 2. The summed E-state index contributed by atoms with van der Waals surface area (Å²) >= 11 is 0. The number of phenolic OH excluding ortho intramolecular Hbond substituents is 1. The van der Waals surface area contributed by atoms with Crippen LogP contribution >= 0.6 is 0 Å². The minimum atomic E-state index is -1.09. The van der Waals surface area contributed by atoms with E-state index in [2.05, 4.69) is 4.90 Å². The maximum Gasteiger partial charge on any atom is 0.323 e. The number of likely N-dealkylation sites (tertiary alicyclic amines) is 2. The van der Waals surface area contributed by atoms with E-state index in [1.54, 1.807) is 4.90 Å². The number of esters is 1. The van der Waals surface area contributed by atoms with E-state index in [0.29, 0.717) is 13.1 Å². The topological polar surface area (TPSA) is 90.3 Å². The summed E-state index contributed by atoms with van der Waals surface area (Å²) in [6, 6.07) is 3.71. The van der Waals surface area contributed by atoms with Gasteiger partial charge in [-0.05, 0) is 62.8 Å². The maximum atomic E-state index is 12.8. The Bertz CT molecular complexity index is 750. The van der Waals surface area contributed by atoms with Gasteiger partial charge in [-0.2, -0.15) is 0 Å². The lowest BCUT2D eigenvalue weighted by Gasteiger charge is -2.43. The van der Waals surface area contributed by atoms with Gasteiger partial charge in [-0.3, -0.25) is 14.5 Å². The van der Waals surface area contributed by atoms with Crippen LogP contribution in [0.5, 0.6) is 5.75 Å². The second-order valence-corrected chi connectivity index (χ2v) is 8.63. The molecule has 2 aliphatic heterocycles. The molecular formula is C23H34N2O5. The first kappa shape index (κ1) is 22.6. The third-order valence-corrected chi connectivity index (χ3v) is 6.53. The van der Waals surface area contributed by atoms with E-state index in [4.69, 9.17) is 4.74 Å². The SMILES string of the molecule is COC(=O)[C@H]1CCCCN1C1CCN(C(=O)[C@H](O)Cc2cc(C)c(O)c(C)c2)CC1. The molecule has 1 aromatic rings. The molecule has 0 spiro atoms. The highest BCUT2D eigenvalue weighted by Crippen LogP contribution is 2.27. The van der Waals surface area contributed by atoms with Gasteiger partial charge in [0.2, 0.25) is 0 Å². The van der Waals surface area contributed by atoms with Crippen LogP contribution in [0.2, 0.25) is 0 Å². The molecule has 2 aliphatic rings. The van der Waals surface area contributed by atoms with Gasteiger partial charge in [-0.1, -0.05) is 18.6 Å². The number of benzene rings is 1. The zero-order valence-corrected chi connectivity index (χ0v) is 18.3. The standard InChI is InChI=1S/C23H34N2O5/c1-15-12-17(13-16(2)21(15)27)14-20(26)22(28)24-10-7-18(8-11-24)25-9-5-4-6-19(25)23(29)30-3/h12-13,18-20,26-27H,4-11,14H2,1-3H3/t19-,20-/m1/s1. The van der Waals surface area contributed by atoms with E-state index in [1.807, 2.05) is 26.0 Å². The Kier molecular flexibility index (Phi) is 7.36. The van der Waals surface area contributed by atoms with E-state index in [9.17, 15) is 19.8 Å². The second-order valence-electron chi connectivity index (χ2n) is 8.63. The molecule has 0 radical (unpaired) electrons. The molecule has 2 fully saturated rings. The van der Waals surface area contributed by atoms with Crippen molar-refractivity contribution in [3.8, 4) is 5.75 Å². The normalized spacial score (nSPS) is 22.0. The number of amides is 1. The van der Waals surface area contributed by atoms with Crippen LogP contribution < -0.4 is 0 Å². The molecule has 7 nitrogen and oxygen atoms in total. The quantitative estimate of drug-likeness (QED) is 0.710. The lowest BCUT2D eigenvalue weighted by molar-refractivity contribution is -0.151. The first-order valence-corrected chi connectivity index (χ1v) is 10.9. The Labute approximate surface area is 178 Å². The minimum absolute atomic E-state index is 0.164. The first-order chi connectivity index (χ1) is 14.3.